The van der Waals surface area contributed by atoms with E-state index in [4.69, 9.17) is 17.2 Å². The molecular formula is C42H78N12. The van der Waals surface area contributed by atoms with E-state index in [9.17, 15) is 0 Å². The molecule has 6 heterocycles. The van der Waals surface area contributed by atoms with Crippen LogP contribution in [0.1, 0.15) is 137 Å². The summed E-state index contributed by atoms with van der Waals surface area (Å²) in [5, 5.41) is 13.4. The summed E-state index contributed by atoms with van der Waals surface area (Å²) in [5.74, 6) is 3.82. The largest absolute Gasteiger partial charge is 0.357 e. The molecule has 3 aromatic rings. The molecule has 6 rings (SSSR count). The third-order valence-electron chi connectivity index (χ3n) is 11.4. The molecule has 0 radical (unpaired) electrons. The van der Waals surface area contributed by atoms with E-state index in [-0.39, 0.29) is 16.2 Å². The van der Waals surface area contributed by atoms with Gasteiger partial charge in [0.05, 0.1) is 18.6 Å². The fraction of sp³-hybridized carbons (Fsp3) is 0.786. The lowest BCUT2D eigenvalue weighted by molar-refractivity contribution is 0.582. The Morgan fingerprint density at radius 3 is 0.889 bits per heavy atom. The van der Waals surface area contributed by atoms with E-state index in [1.54, 1.807) is 0 Å². The van der Waals surface area contributed by atoms with Crippen molar-refractivity contribution in [2.24, 2.45) is 38.3 Å². The number of aromatic nitrogens is 6. The third kappa shape index (κ3) is 11.5. The Kier molecular flexibility index (Phi) is 14.7. The van der Waals surface area contributed by atoms with Gasteiger partial charge in [-0.2, -0.15) is 15.3 Å². The molecule has 0 aliphatic carbocycles. The van der Waals surface area contributed by atoms with Crippen molar-refractivity contribution in [3.63, 3.8) is 0 Å². The van der Waals surface area contributed by atoms with E-state index in [0.29, 0.717) is 18.1 Å². The van der Waals surface area contributed by atoms with Crippen molar-refractivity contribution >= 4 is 17.5 Å². The zero-order valence-electron chi connectivity index (χ0n) is 36.3. The lowest BCUT2D eigenvalue weighted by Gasteiger charge is -2.28. The molecule has 0 amide bonds. The second-order valence-electron chi connectivity index (χ2n) is 19.3. The minimum atomic E-state index is 0.137. The molecule has 54 heavy (non-hydrogen) atoms. The fourth-order valence-electron chi connectivity index (χ4n) is 8.01. The van der Waals surface area contributed by atoms with E-state index < -0.39 is 0 Å². The zero-order valence-corrected chi connectivity index (χ0v) is 36.3. The van der Waals surface area contributed by atoms with Crippen molar-refractivity contribution in [1.29, 1.82) is 0 Å². The van der Waals surface area contributed by atoms with Gasteiger partial charge in [0.2, 0.25) is 0 Å². The van der Waals surface area contributed by atoms with Crippen LogP contribution in [0.3, 0.4) is 0 Å². The van der Waals surface area contributed by atoms with Crippen molar-refractivity contribution in [2.45, 2.75) is 154 Å². The highest BCUT2D eigenvalue weighted by molar-refractivity contribution is 5.52. The van der Waals surface area contributed by atoms with E-state index in [0.717, 1.165) is 77.8 Å². The average molecular weight is 751 g/mol. The molecule has 3 fully saturated rings. The molecule has 0 aromatic carbocycles. The maximum Gasteiger partial charge on any atom is 0.130 e. The minimum absolute atomic E-state index is 0.137. The Balaban J connectivity index is 0.000000180. The molecule has 3 atom stereocenters. The van der Waals surface area contributed by atoms with Gasteiger partial charge in [-0.15, -0.1) is 0 Å². The van der Waals surface area contributed by atoms with Crippen molar-refractivity contribution in [2.75, 3.05) is 54.0 Å². The molecule has 0 spiro atoms. The highest BCUT2D eigenvalue weighted by Gasteiger charge is 2.29. The quantitative estimate of drug-likeness (QED) is 0.290. The molecular weight excluding hydrogens is 673 g/mol. The maximum absolute atomic E-state index is 6.06. The van der Waals surface area contributed by atoms with E-state index >= 15 is 0 Å². The van der Waals surface area contributed by atoms with Gasteiger partial charge in [0.25, 0.3) is 0 Å². The summed E-state index contributed by atoms with van der Waals surface area (Å²) < 4.78 is 6.03. The van der Waals surface area contributed by atoms with Crippen LogP contribution in [0.25, 0.3) is 0 Å². The zero-order chi connectivity index (χ0) is 40.0. The second kappa shape index (κ2) is 18.2. The lowest BCUT2D eigenvalue weighted by Crippen LogP contribution is -2.30. The number of hydrogen-bond acceptors (Lipinski definition) is 9. The first kappa shape index (κ1) is 43.6. The standard InChI is InChI=1S/3C14H26N4/c3*1-14(2,3)12-10-16-17(4)13(12)18-8-5-6-11(15)7-9-18/h3*10-11H,5-9,15H2,1-4H3/t2*11-;/m10./s1. The van der Waals surface area contributed by atoms with E-state index in [1.807, 2.05) is 53.8 Å². The van der Waals surface area contributed by atoms with Crippen LogP contribution < -0.4 is 31.9 Å². The summed E-state index contributed by atoms with van der Waals surface area (Å²) in [6.45, 7) is 26.6. The Morgan fingerprint density at radius 1 is 0.426 bits per heavy atom. The van der Waals surface area contributed by atoms with Crippen molar-refractivity contribution < 1.29 is 0 Å². The summed E-state index contributed by atoms with van der Waals surface area (Å²) in [6, 6.07) is 1.09. The van der Waals surface area contributed by atoms with Crippen LogP contribution in [0.2, 0.25) is 0 Å². The highest BCUT2D eigenvalue weighted by Crippen LogP contribution is 2.35. The number of hydrogen-bond donors (Lipinski definition) is 3. The topological polar surface area (TPSA) is 141 Å². The smallest absolute Gasteiger partial charge is 0.130 e. The number of nitrogens with zero attached hydrogens (tertiary/aromatic N) is 9. The number of nitrogens with two attached hydrogens (primary N) is 3. The monoisotopic (exact) mass is 751 g/mol. The Morgan fingerprint density at radius 2 is 0.667 bits per heavy atom. The first-order valence-corrected chi connectivity index (χ1v) is 20.8. The summed E-state index contributed by atoms with van der Waals surface area (Å²) in [5.41, 5.74) is 22.6. The van der Waals surface area contributed by atoms with Crippen molar-refractivity contribution in [3.8, 4) is 0 Å². The third-order valence-corrected chi connectivity index (χ3v) is 11.4. The highest BCUT2D eigenvalue weighted by atomic mass is 15.4. The Labute approximate surface area is 328 Å². The summed E-state index contributed by atoms with van der Waals surface area (Å²) in [6.07, 6.45) is 16.2. The molecule has 3 aromatic heterocycles. The van der Waals surface area contributed by atoms with Crippen LogP contribution in [0.15, 0.2) is 18.6 Å². The maximum atomic E-state index is 6.06. The molecule has 1 unspecified atom stereocenters. The number of anilines is 3. The van der Waals surface area contributed by atoms with Gasteiger partial charge >= 0.3 is 0 Å². The lowest BCUT2D eigenvalue weighted by atomic mass is 9.88. The van der Waals surface area contributed by atoms with Crippen LogP contribution in [0.5, 0.6) is 0 Å². The number of rotatable bonds is 3. The Hall–Kier alpha value is -3.09. The first-order chi connectivity index (χ1) is 25.2. The van der Waals surface area contributed by atoms with E-state index in [1.165, 1.54) is 53.4 Å². The predicted octanol–water partition coefficient (Wildman–Crippen LogP) is 6.11. The van der Waals surface area contributed by atoms with Gasteiger partial charge in [-0.05, 0) is 74.0 Å². The van der Waals surface area contributed by atoms with Crippen LogP contribution in [-0.2, 0) is 37.4 Å². The normalized spacial score (nSPS) is 22.1. The van der Waals surface area contributed by atoms with Gasteiger partial charge in [-0.3, -0.25) is 14.0 Å². The molecule has 3 saturated heterocycles. The van der Waals surface area contributed by atoms with Crippen LogP contribution in [-0.4, -0.2) is 86.7 Å². The van der Waals surface area contributed by atoms with Crippen LogP contribution in [0.4, 0.5) is 17.5 Å². The van der Waals surface area contributed by atoms with E-state index in [2.05, 4.69) is 92.3 Å². The molecule has 12 heteroatoms. The SMILES string of the molecule is Cn1ncc(C(C)(C)C)c1N1CCCC(N)CC1.Cn1ncc(C(C)(C)C)c1N1CCC[C@@H](N)CC1.Cn1ncc(C(C)(C)C)c1N1CCC[C@H](N)CC1. The number of aryl methyl sites for hydroxylation is 3. The molecule has 0 bridgehead atoms. The minimum Gasteiger partial charge on any atom is -0.357 e. The Bertz CT molecular complexity index is 1390. The fourth-order valence-corrected chi connectivity index (χ4v) is 8.01. The molecule has 12 nitrogen and oxygen atoms in total. The van der Waals surface area contributed by atoms with Crippen LogP contribution >= 0.6 is 0 Å². The summed E-state index contributed by atoms with van der Waals surface area (Å²) in [7, 11) is 6.11. The molecule has 306 valence electrons. The first-order valence-electron chi connectivity index (χ1n) is 20.8. The van der Waals surface area contributed by atoms with Gasteiger partial charge < -0.3 is 31.9 Å². The molecule has 6 N–H and O–H groups in total. The second-order valence-corrected chi connectivity index (χ2v) is 19.3. The van der Waals surface area contributed by atoms with Gasteiger partial charge in [-0.1, -0.05) is 62.3 Å². The van der Waals surface area contributed by atoms with Crippen molar-refractivity contribution in [1.82, 2.24) is 29.3 Å². The molecule has 3 aliphatic rings. The average Bonchev–Trinajstić information content (AvgIpc) is 3.61. The van der Waals surface area contributed by atoms with Gasteiger partial charge in [-0.25, -0.2) is 0 Å². The predicted molar refractivity (Wildman–Crippen MR) is 228 cm³/mol. The molecule has 0 saturated carbocycles. The van der Waals surface area contributed by atoms with Gasteiger partial charge in [0.15, 0.2) is 0 Å². The molecule has 3 aliphatic heterocycles. The van der Waals surface area contributed by atoms with Gasteiger partial charge in [0.1, 0.15) is 17.5 Å². The van der Waals surface area contributed by atoms with Crippen molar-refractivity contribution in [3.05, 3.63) is 35.3 Å². The van der Waals surface area contributed by atoms with Gasteiger partial charge in [0, 0.05) is 95.2 Å². The van der Waals surface area contributed by atoms with Crippen LogP contribution in [0, 0.1) is 0 Å². The summed E-state index contributed by atoms with van der Waals surface area (Å²) >= 11 is 0. The summed E-state index contributed by atoms with van der Waals surface area (Å²) in [4.78, 5) is 7.38.